The Hall–Kier alpha value is -1.92. The summed E-state index contributed by atoms with van der Waals surface area (Å²) in [6.45, 7) is 4.05. The molecule has 7 heteroatoms. The molecular weight excluding hydrogens is 224 g/mol. The first-order valence-corrected chi connectivity index (χ1v) is 5.34. The summed E-state index contributed by atoms with van der Waals surface area (Å²) in [7, 11) is 1.55. The van der Waals surface area contributed by atoms with E-state index in [1.54, 1.807) is 7.05 Å². The van der Waals surface area contributed by atoms with Crippen LogP contribution in [0.2, 0.25) is 0 Å². The van der Waals surface area contributed by atoms with E-state index < -0.39 is 5.97 Å². The van der Waals surface area contributed by atoms with Crippen LogP contribution in [0.15, 0.2) is 0 Å². The molecule has 0 unspecified atom stereocenters. The molecule has 0 aliphatic carbocycles. The Morgan fingerprint density at radius 3 is 2.59 bits per heavy atom. The summed E-state index contributed by atoms with van der Waals surface area (Å²) in [4.78, 5) is 22.1. The third kappa shape index (κ3) is 3.02. The van der Waals surface area contributed by atoms with Crippen molar-refractivity contribution in [3.05, 3.63) is 11.4 Å². The number of carbonyl (C=O) groups excluding carboxylic acids is 1. The molecule has 94 valence electrons. The highest BCUT2D eigenvalue weighted by atomic mass is 16.4. The van der Waals surface area contributed by atoms with Gasteiger partial charge >= 0.3 is 5.97 Å². The van der Waals surface area contributed by atoms with Crippen LogP contribution in [0.1, 0.15) is 42.4 Å². The Balaban J connectivity index is 2.92. The molecule has 2 N–H and O–H groups in total. The van der Waals surface area contributed by atoms with E-state index in [1.165, 1.54) is 4.68 Å². The van der Waals surface area contributed by atoms with Gasteiger partial charge in [-0.15, -0.1) is 5.10 Å². The fourth-order valence-corrected chi connectivity index (χ4v) is 1.54. The lowest BCUT2D eigenvalue weighted by molar-refractivity contribution is -0.120. The van der Waals surface area contributed by atoms with E-state index in [1.807, 2.05) is 13.8 Å². The van der Waals surface area contributed by atoms with Crippen molar-refractivity contribution < 1.29 is 14.7 Å². The molecule has 1 aromatic heterocycles. The second-order valence-corrected chi connectivity index (χ2v) is 3.93. The maximum absolute atomic E-state index is 11.1. The zero-order valence-electron chi connectivity index (χ0n) is 10.1. The minimum atomic E-state index is -1.10. The smallest absolute Gasteiger partial charge is 0.358 e. The fraction of sp³-hybridized carbons (Fsp3) is 0.600. The molecule has 7 nitrogen and oxygen atoms in total. The van der Waals surface area contributed by atoms with Crippen molar-refractivity contribution in [2.75, 3.05) is 7.05 Å². The summed E-state index contributed by atoms with van der Waals surface area (Å²) in [5.74, 6) is -1.23. The molecule has 0 radical (unpaired) electrons. The van der Waals surface area contributed by atoms with Gasteiger partial charge in [-0.3, -0.25) is 4.79 Å². The van der Waals surface area contributed by atoms with Gasteiger partial charge in [0.25, 0.3) is 0 Å². The van der Waals surface area contributed by atoms with E-state index >= 15 is 0 Å². The summed E-state index contributed by atoms with van der Waals surface area (Å²) in [6.07, 6.45) is 0.249. The van der Waals surface area contributed by atoms with Gasteiger partial charge in [-0.1, -0.05) is 19.1 Å². The topological polar surface area (TPSA) is 97.1 Å². The number of aryl methyl sites for hydroxylation is 1. The lowest BCUT2D eigenvalue weighted by Gasteiger charge is -2.09. The Labute approximate surface area is 98.8 Å². The van der Waals surface area contributed by atoms with Gasteiger partial charge in [-0.05, 0) is 5.92 Å². The minimum Gasteiger partial charge on any atom is -0.476 e. The molecule has 0 aromatic carbocycles. The van der Waals surface area contributed by atoms with Crippen LogP contribution in [0.5, 0.6) is 0 Å². The van der Waals surface area contributed by atoms with Crippen LogP contribution in [-0.2, 0) is 11.3 Å². The molecule has 0 saturated carbocycles. The van der Waals surface area contributed by atoms with Crippen molar-refractivity contribution >= 4 is 11.9 Å². The number of amides is 1. The largest absolute Gasteiger partial charge is 0.476 e. The number of aromatic nitrogens is 3. The molecule has 1 heterocycles. The maximum Gasteiger partial charge on any atom is 0.358 e. The number of hydrogen-bond acceptors (Lipinski definition) is 4. The minimum absolute atomic E-state index is 0.0132. The number of nitrogens with one attached hydrogen (secondary N) is 1. The third-order valence-electron chi connectivity index (χ3n) is 2.35. The zero-order valence-corrected chi connectivity index (χ0v) is 10.1. The summed E-state index contributed by atoms with van der Waals surface area (Å²) >= 11 is 0. The first-order valence-electron chi connectivity index (χ1n) is 5.34. The van der Waals surface area contributed by atoms with Gasteiger partial charge in [0, 0.05) is 13.5 Å². The van der Waals surface area contributed by atoms with Crippen molar-refractivity contribution in [3.63, 3.8) is 0 Å². The lowest BCUT2D eigenvalue weighted by Crippen LogP contribution is -2.21. The molecule has 1 rings (SSSR count). The quantitative estimate of drug-likeness (QED) is 0.768. The molecule has 0 atom stereocenters. The summed E-state index contributed by atoms with van der Waals surface area (Å²) in [6, 6.07) is 0. The van der Waals surface area contributed by atoms with E-state index in [4.69, 9.17) is 5.11 Å². The van der Waals surface area contributed by atoms with E-state index in [0.29, 0.717) is 12.2 Å². The first-order chi connectivity index (χ1) is 7.97. The van der Waals surface area contributed by atoms with E-state index in [2.05, 4.69) is 15.6 Å². The maximum atomic E-state index is 11.1. The number of nitrogens with zero attached hydrogens (tertiary/aromatic N) is 3. The summed E-state index contributed by atoms with van der Waals surface area (Å²) < 4.78 is 1.48. The van der Waals surface area contributed by atoms with Crippen LogP contribution in [0.3, 0.4) is 0 Å². The Morgan fingerprint density at radius 2 is 2.12 bits per heavy atom. The highest BCUT2D eigenvalue weighted by Gasteiger charge is 2.21. The van der Waals surface area contributed by atoms with Crippen molar-refractivity contribution in [1.29, 1.82) is 0 Å². The molecule has 1 aromatic rings. The fourth-order valence-electron chi connectivity index (χ4n) is 1.54. The molecule has 0 aliphatic rings. The second kappa shape index (κ2) is 5.42. The summed E-state index contributed by atoms with van der Waals surface area (Å²) in [5.41, 5.74) is 0.498. The average molecular weight is 240 g/mol. The van der Waals surface area contributed by atoms with Crippen molar-refractivity contribution in [3.8, 4) is 0 Å². The monoisotopic (exact) mass is 240 g/mol. The average Bonchev–Trinajstić information content (AvgIpc) is 2.69. The predicted molar refractivity (Wildman–Crippen MR) is 59.8 cm³/mol. The highest BCUT2D eigenvalue weighted by molar-refractivity contribution is 5.86. The predicted octanol–water partition coefficient (Wildman–Crippen LogP) is 0.236. The van der Waals surface area contributed by atoms with Gasteiger partial charge in [-0.25, -0.2) is 9.48 Å². The third-order valence-corrected chi connectivity index (χ3v) is 2.35. The Kier molecular flexibility index (Phi) is 4.19. The summed E-state index contributed by atoms with van der Waals surface area (Å²) in [5, 5.41) is 18.8. The van der Waals surface area contributed by atoms with Crippen LogP contribution in [0.4, 0.5) is 0 Å². The number of hydrogen-bond donors (Lipinski definition) is 2. The number of rotatable bonds is 5. The standard InChI is InChI=1S/C10H16N4O3/c1-6(2)9-8(10(16)17)12-13-14(9)5-4-7(15)11-3/h6H,4-5H2,1-3H3,(H,11,15)(H,16,17). The Bertz CT molecular complexity index is 425. The molecule has 0 fully saturated rings. The van der Waals surface area contributed by atoms with Crippen molar-refractivity contribution in [2.45, 2.75) is 32.7 Å². The van der Waals surface area contributed by atoms with Crippen LogP contribution < -0.4 is 5.32 Å². The SMILES string of the molecule is CNC(=O)CCn1nnc(C(=O)O)c1C(C)C. The number of aromatic carboxylic acids is 1. The van der Waals surface area contributed by atoms with Crippen LogP contribution >= 0.6 is 0 Å². The molecule has 0 saturated heterocycles. The first kappa shape index (κ1) is 13.1. The van der Waals surface area contributed by atoms with Crippen LogP contribution in [-0.4, -0.2) is 39.0 Å². The van der Waals surface area contributed by atoms with E-state index in [9.17, 15) is 9.59 Å². The highest BCUT2D eigenvalue weighted by Crippen LogP contribution is 2.17. The number of carbonyl (C=O) groups is 2. The van der Waals surface area contributed by atoms with Crippen LogP contribution in [0.25, 0.3) is 0 Å². The van der Waals surface area contributed by atoms with Gasteiger partial charge in [0.2, 0.25) is 5.91 Å². The second-order valence-electron chi connectivity index (χ2n) is 3.93. The van der Waals surface area contributed by atoms with Crippen LogP contribution in [0, 0.1) is 0 Å². The van der Waals surface area contributed by atoms with Gasteiger partial charge in [-0.2, -0.15) is 0 Å². The van der Waals surface area contributed by atoms with Crippen molar-refractivity contribution in [1.82, 2.24) is 20.3 Å². The van der Waals surface area contributed by atoms with Gasteiger partial charge in [0.1, 0.15) is 0 Å². The molecule has 0 spiro atoms. The van der Waals surface area contributed by atoms with Gasteiger partial charge in [0.05, 0.1) is 12.2 Å². The molecule has 0 aliphatic heterocycles. The molecule has 17 heavy (non-hydrogen) atoms. The van der Waals surface area contributed by atoms with E-state index in [0.717, 1.165) is 0 Å². The molecular formula is C10H16N4O3. The molecule has 1 amide bonds. The number of carboxylic acids is 1. The lowest BCUT2D eigenvalue weighted by atomic mass is 10.1. The van der Waals surface area contributed by atoms with E-state index in [-0.39, 0.29) is 23.9 Å². The normalized spacial score (nSPS) is 10.6. The van der Waals surface area contributed by atoms with Crippen molar-refractivity contribution in [2.24, 2.45) is 0 Å². The van der Waals surface area contributed by atoms with Gasteiger partial charge < -0.3 is 10.4 Å². The number of carboxylic acid groups (broad SMARTS) is 1. The Morgan fingerprint density at radius 1 is 1.47 bits per heavy atom. The zero-order chi connectivity index (χ0) is 13.0. The van der Waals surface area contributed by atoms with Gasteiger partial charge in [0.15, 0.2) is 5.69 Å². The molecule has 0 bridgehead atoms.